The molecule has 0 bridgehead atoms. The van der Waals surface area contributed by atoms with Crippen molar-refractivity contribution in [2.45, 2.75) is 19.0 Å². The maximum Gasteiger partial charge on any atom is 0.0638 e. The van der Waals surface area contributed by atoms with E-state index in [9.17, 15) is 0 Å². The van der Waals surface area contributed by atoms with Gasteiger partial charge in [0.1, 0.15) is 0 Å². The summed E-state index contributed by atoms with van der Waals surface area (Å²) in [5.74, 6) is 0. The van der Waals surface area contributed by atoms with Crippen LogP contribution >= 0.6 is 0 Å². The molecule has 4 nitrogen and oxygen atoms in total. The zero-order valence-corrected chi connectivity index (χ0v) is 8.04. The molecule has 2 N–H and O–H groups in total. The van der Waals surface area contributed by atoms with E-state index in [2.05, 4.69) is 5.32 Å². The van der Waals surface area contributed by atoms with Gasteiger partial charge >= 0.3 is 0 Å². The maximum absolute atomic E-state index is 8.89. The van der Waals surface area contributed by atoms with Crippen LogP contribution < -0.4 is 5.32 Å². The molecular weight excluding hydrogens is 158 g/mol. The molecule has 0 aromatic rings. The fraction of sp³-hybridized carbons (Fsp3) is 1.00. The minimum absolute atomic E-state index is 0.000139. The van der Waals surface area contributed by atoms with E-state index in [1.54, 1.807) is 14.2 Å². The second kappa shape index (κ2) is 7.49. The van der Waals surface area contributed by atoms with Gasteiger partial charge in [-0.2, -0.15) is 0 Å². The fourth-order valence-electron chi connectivity index (χ4n) is 1.06. The summed E-state index contributed by atoms with van der Waals surface area (Å²) >= 11 is 0. The summed E-state index contributed by atoms with van der Waals surface area (Å²) in [5.41, 5.74) is 0. The lowest BCUT2D eigenvalue weighted by Gasteiger charge is -2.20. The van der Waals surface area contributed by atoms with E-state index in [1.165, 1.54) is 0 Å². The Morgan fingerprint density at radius 1 is 1.25 bits per heavy atom. The van der Waals surface area contributed by atoms with Crippen molar-refractivity contribution in [1.82, 2.24) is 5.32 Å². The van der Waals surface area contributed by atoms with Crippen molar-refractivity contribution >= 4 is 0 Å². The van der Waals surface area contributed by atoms with Gasteiger partial charge in [0, 0.05) is 20.3 Å². The van der Waals surface area contributed by atoms with Gasteiger partial charge in [0.2, 0.25) is 0 Å². The SMILES string of the molecule is COCC(C)NC(CO)COC. The van der Waals surface area contributed by atoms with Gasteiger partial charge in [0.25, 0.3) is 0 Å². The highest BCUT2D eigenvalue weighted by Crippen LogP contribution is 1.89. The van der Waals surface area contributed by atoms with Crippen LogP contribution in [0.3, 0.4) is 0 Å². The second-order valence-electron chi connectivity index (χ2n) is 2.86. The van der Waals surface area contributed by atoms with Gasteiger partial charge in [-0.3, -0.25) is 0 Å². The molecule has 0 rings (SSSR count). The first-order chi connectivity index (χ1) is 5.74. The molecule has 0 aliphatic heterocycles. The van der Waals surface area contributed by atoms with Crippen molar-refractivity contribution < 1.29 is 14.6 Å². The van der Waals surface area contributed by atoms with Crippen LogP contribution in [0.15, 0.2) is 0 Å². The van der Waals surface area contributed by atoms with Crippen molar-refractivity contribution in [3.05, 3.63) is 0 Å². The normalized spacial score (nSPS) is 16.0. The van der Waals surface area contributed by atoms with Crippen LogP contribution in [-0.4, -0.2) is 51.2 Å². The molecular formula is C8H19NO3. The van der Waals surface area contributed by atoms with Crippen LogP contribution in [-0.2, 0) is 9.47 Å². The number of nitrogens with one attached hydrogen (secondary N) is 1. The molecule has 0 heterocycles. The molecule has 0 amide bonds. The third-order valence-corrected chi connectivity index (χ3v) is 1.53. The topological polar surface area (TPSA) is 50.7 Å². The number of hydrogen-bond acceptors (Lipinski definition) is 4. The second-order valence-corrected chi connectivity index (χ2v) is 2.86. The van der Waals surface area contributed by atoms with Gasteiger partial charge in [-0.1, -0.05) is 0 Å². The summed E-state index contributed by atoms with van der Waals surface area (Å²) in [6.07, 6.45) is 0. The molecule has 0 saturated heterocycles. The number of hydrogen-bond donors (Lipinski definition) is 2. The van der Waals surface area contributed by atoms with Crippen molar-refractivity contribution in [1.29, 1.82) is 0 Å². The monoisotopic (exact) mass is 177 g/mol. The van der Waals surface area contributed by atoms with Gasteiger partial charge in [-0.25, -0.2) is 0 Å². The molecule has 0 saturated carbocycles. The first-order valence-corrected chi connectivity index (χ1v) is 4.09. The first kappa shape index (κ1) is 11.8. The Balaban J connectivity index is 3.53. The highest BCUT2D eigenvalue weighted by atomic mass is 16.5. The molecule has 2 unspecified atom stereocenters. The zero-order chi connectivity index (χ0) is 9.40. The molecule has 0 aromatic carbocycles. The zero-order valence-electron chi connectivity index (χ0n) is 8.04. The summed E-state index contributed by atoms with van der Waals surface area (Å²) < 4.78 is 9.85. The van der Waals surface area contributed by atoms with E-state index in [1.807, 2.05) is 6.92 Å². The number of aliphatic hydroxyl groups excluding tert-OH is 1. The predicted octanol–water partition coefficient (Wildman–Crippen LogP) is -0.382. The summed E-state index contributed by atoms with van der Waals surface area (Å²) in [4.78, 5) is 0. The van der Waals surface area contributed by atoms with Gasteiger partial charge in [0.15, 0.2) is 0 Å². The summed E-state index contributed by atoms with van der Waals surface area (Å²) in [6, 6.07) is 0.238. The molecule has 74 valence electrons. The van der Waals surface area contributed by atoms with Gasteiger partial charge in [-0.05, 0) is 6.92 Å². The van der Waals surface area contributed by atoms with Crippen LogP contribution in [0.5, 0.6) is 0 Å². The molecule has 0 aliphatic carbocycles. The van der Waals surface area contributed by atoms with Crippen LogP contribution in [0.4, 0.5) is 0 Å². The summed E-state index contributed by atoms with van der Waals surface area (Å²) in [6.45, 7) is 3.24. The Labute approximate surface area is 73.9 Å². The quantitative estimate of drug-likeness (QED) is 0.556. The highest BCUT2D eigenvalue weighted by Gasteiger charge is 2.09. The maximum atomic E-state index is 8.89. The number of aliphatic hydroxyl groups is 1. The van der Waals surface area contributed by atoms with E-state index in [0.29, 0.717) is 13.2 Å². The minimum atomic E-state index is 0.000139. The van der Waals surface area contributed by atoms with E-state index < -0.39 is 0 Å². The number of rotatable bonds is 7. The van der Waals surface area contributed by atoms with Crippen LogP contribution in [0.2, 0.25) is 0 Å². The average molecular weight is 177 g/mol. The van der Waals surface area contributed by atoms with Gasteiger partial charge < -0.3 is 19.9 Å². The summed E-state index contributed by atoms with van der Waals surface area (Å²) in [5, 5.41) is 12.1. The van der Waals surface area contributed by atoms with Crippen molar-refractivity contribution in [2.24, 2.45) is 0 Å². The fourth-order valence-corrected chi connectivity index (χ4v) is 1.06. The Hall–Kier alpha value is -0.160. The smallest absolute Gasteiger partial charge is 0.0638 e. The lowest BCUT2D eigenvalue weighted by Crippen LogP contribution is -2.43. The number of ether oxygens (including phenoxy) is 2. The lowest BCUT2D eigenvalue weighted by atomic mass is 10.2. The van der Waals surface area contributed by atoms with E-state index in [4.69, 9.17) is 14.6 Å². The summed E-state index contributed by atoms with van der Waals surface area (Å²) in [7, 11) is 3.27. The predicted molar refractivity (Wildman–Crippen MR) is 47.2 cm³/mol. The molecule has 0 aromatic heterocycles. The van der Waals surface area contributed by atoms with Crippen LogP contribution in [0.25, 0.3) is 0 Å². The van der Waals surface area contributed by atoms with E-state index >= 15 is 0 Å². The molecule has 0 spiro atoms. The Kier molecular flexibility index (Phi) is 7.39. The Bertz CT molecular complexity index is 100. The molecule has 2 atom stereocenters. The molecule has 0 radical (unpaired) electrons. The molecule has 0 aliphatic rings. The van der Waals surface area contributed by atoms with E-state index in [-0.39, 0.29) is 18.7 Å². The van der Waals surface area contributed by atoms with Crippen LogP contribution in [0, 0.1) is 0 Å². The Morgan fingerprint density at radius 2 is 1.83 bits per heavy atom. The first-order valence-electron chi connectivity index (χ1n) is 4.09. The van der Waals surface area contributed by atoms with Gasteiger partial charge in [-0.15, -0.1) is 0 Å². The number of methoxy groups -OCH3 is 2. The largest absolute Gasteiger partial charge is 0.395 e. The third kappa shape index (κ3) is 5.49. The standard InChI is InChI=1S/C8H19NO3/c1-7(5-11-2)9-8(4-10)6-12-3/h7-10H,4-6H2,1-3H3. The molecule has 0 fully saturated rings. The minimum Gasteiger partial charge on any atom is -0.395 e. The van der Waals surface area contributed by atoms with Gasteiger partial charge in [0.05, 0.1) is 25.9 Å². The van der Waals surface area contributed by atoms with Crippen molar-refractivity contribution in [3.8, 4) is 0 Å². The average Bonchev–Trinajstić information content (AvgIpc) is 2.04. The van der Waals surface area contributed by atoms with Crippen LogP contribution in [0.1, 0.15) is 6.92 Å². The van der Waals surface area contributed by atoms with E-state index in [0.717, 1.165) is 0 Å². The highest BCUT2D eigenvalue weighted by molar-refractivity contribution is 4.69. The van der Waals surface area contributed by atoms with Crippen molar-refractivity contribution in [3.63, 3.8) is 0 Å². The van der Waals surface area contributed by atoms with Crippen molar-refractivity contribution in [2.75, 3.05) is 34.0 Å². The molecule has 4 heteroatoms. The lowest BCUT2D eigenvalue weighted by molar-refractivity contribution is 0.106. The molecule has 12 heavy (non-hydrogen) atoms. The third-order valence-electron chi connectivity index (χ3n) is 1.53. The Morgan fingerprint density at radius 3 is 2.25 bits per heavy atom.